The first-order valence-corrected chi connectivity index (χ1v) is 6.28. The molecule has 0 aromatic heterocycles. The fourth-order valence-electron chi connectivity index (χ4n) is 3.99. The fourth-order valence-corrected chi connectivity index (χ4v) is 3.99. The van der Waals surface area contributed by atoms with Gasteiger partial charge in [-0.3, -0.25) is 4.90 Å². The molecule has 1 N–H and O–H groups in total. The number of carbonyl (C=O) groups excluding carboxylic acids is 1. The van der Waals surface area contributed by atoms with Crippen LogP contribution in [-0.4, -0.2) is 46.3 Å². The van der Waals surface area contributed by atoms with Gasteiger partial charge in [-0.15, -0.1) is 0 Å². The third-order valence-electron chi connectivity index (χ3n) is 4.60. The van der Waals surface area contributed by atoms with Crippen LogP contribution in [-0.2, 0) is 9.53 Å². The Morgan fingerprint density at radius 2 is 2.41 bits per heavy atom. The molecular weight excluding hydrogens is 218 g/mol. The molecule has 0 aromatic rings. The summed E-state index contributed by atoms with van der Waals surface area (Å²) in [6.07, 6.45) is 7.98. The normalized spacial score (nSPS) is 47.5. The van der Waals surface area contributed by atoms with E-state index in [1.54, 1.807) is 6.08 Å². The van der Waals surface area contributed by atoms with Gasteiger partial charge >= 0.3 is 5.97 Å². The minimum absolute atomic E-state index is 0.0473. The summed E-state index contributed by atoms with van der Waals surface area (Å²) in [7, 11) is 0. The molecule has 3 heterocycles. The summed E-state index contributed by atoms with van der Waals surface area (Å²) in [6.45, 7) is 0.989. The molecule has 4 rings (SSSR count). The van der Waals surface area contributed by atoms with Gasteiger partial charge in [0.05, 0.1) is 12.1 Å². The van der Waals surface area contributed by atoms with Crippen LogP contribution < -0.4 is 0 Å². The standard InChI is InChI=1S/C13H15NO3/c15-10-2-1-5-14-9-4-3-8-6-11(16)17-13(8,7-9)12(10)14/h3-4,6,9-10,12,15H,1-2,5,7H2/t9-,10+,12+,13+/m1/s1. The first-order valence-electron chi connectivity index (χ1n) is 6.28. The van der Waals surface area contributed by atoms with E-state index < -0.39 is 5.60 Å². The van der Waals surface area contributed by atoms with Crippen LogP contribution in [0.1, 0.15) is 19.3 Å². The average Bonchev–Trinajstić information content (AvgIpc) is 2.76. The van der Waals surface area contributed by atoms with E-state index in [0.717, 1.165) is 31.4 Å². The highest BCUT2D eigenvalue weighted by atomic mass is 16.6. The molecule has 0 aromatic carbocycles. The summed E-state index contributed by atoms with van der Waals surface area (Å²) in [4.78, 5) is 13.9. The lowest BCUT2D eigenvalue weighted by Gasteiger charge is -2.41. The van der Waals surface area contributed by atoms with Crippen molar-refractivity contribution in [3.8, 4) is 0 Å². The van der Waals surface area contributed by atoms with Crippen molar-refractivity contribution in [3.05, 3.63) is 23.8 Å². The lowest BCUT2D eigenvalue weighted by Crippen LogP contribution is -2.55. The molecule has 17 heavy (non-hydrogen) atoms. The second kappa shape index (κ2) is 3.00. The van der Waals surface area contributed by atoms with E-state index in [-0.39, 0.29) is 18.1 Å². The second-order valence-corrected chi connectivity index (χ2v) is 5.43. The number of esters is 1. The Balaban J connectivity index is 1.85. The summed E-state index contributed by atoms with van der Waals surface area (Å²) in [5.41, 5.74) is 0.392. The lowest BCUT2D eigenvalue weighted by molar-refractivity contribution is -0.152. The monoisotopic (exact) mass is 233 g/mol. The molecule has 3 aliphatic heterocycles. The van der Waals surface area contributed by atoms with Gasteiger partial charge in [0, 0.05) is 24.1 Å². The van der Waals surface area contributed by atoms with Crippen molar-refractivity contribution in [1.29, 1.82) is 0 Å². The largest absolute Gasteiger partial charge is 0.449 e. The van der Waals surface area contributed by atoms with E-state index in [9.17, 15) is 9.90 Å². The van der Waals surface area contributed by atoms with Crippen molar-refractivity contribution in [2.75, 3.05) is 6.54 Å². The molecule has 4 nitrogen and oxygen atoms in total. The number of rotatable bonds is 0. The Labute approximate surface area is 99.5 Å². The number of aliphatic hydroxyl groups is 1. The van der Waals surface area contributed by atoms with Gasteiger partial charge in [-0.25, -0.2) is 4.79 Å². The second-order valence-electron chi connectivity index (χ2n) is 5.43. The SMILES string of the molecule is O=C1C=C2C=C[C@@H]3C[C@@]2(O1)[C@@H]1[C@@H](O)CCCN31. The highest BCUT2D eigenvalue weighted by Gasteiger charge is 2.62. The highest BCUT2D eigenvalue weighted by molar-refractivity contribution is 5.88. The molecular formula is C13H15NO3. The Bertz CT molecular complexity index is 456. The summed E-state index contributed by atoms with van der Waals surface area (Å²) >= 11 is 0. The smallest absolute Gasteiger partial charge is 0.332 e. The highest BCUT2D eigenvalue weighted by Crippen LogP contribution is 2.51. The third-order valence-corrected chi connectivity index (χ3v) is 4.60. The summed E-state index contributed by atoms with van der Waals surface area (Å²) in [5.74, 6) is -0.259. The van der Waals surface area contributed by atoms with Crippen LogP contribution in [0, 0.1) is 0 Å². The zero-order chi connectivity index (χ0) is 11.6. The molecule has 4 heteroatoms. The van der Waals surface area contributed by atoms with E-state index in [4.69, 9.17) is 4.74 Å². The van der Waals surface area contributed by atoms with Crippen molar-refractivity contribution in [3.63, 3.8) is 0 Å². The molecule has 2 fully saturated rings. The Morgan fingerprint density at radius 1 is 1.53 bits per heavy atom. The van der Waals surface area contributed by atoms with E-state index in [2.05, 4.69) is 11.0 Å². The lowest BCUT2D eigenvalue weighted by atomic mass is 9.79. The number of nitrogens with zero attached hydrogens (tertiary/aromatic N) is 1. The molecule has 90 valence electrons. The van der Waals surface area contributed by atoms with Crippen molar-refractivity contribution >= 4 is 5.97 Å². The Kier molecular flexibility index (Phi) is 1.74. The van der Waals surface area contributed by atoms with Gasteiger partial charge in [0.2, 0.25) is 0 Å². The van der Waals surface area contributed by atoms with Crippen LogP contribution in [0.25, 0.3) is 0 Å². The van der Waals surface area contributed by atoms with Gasteiger partial charge in [-0.1, -0.05) is 12.2 Å². The first kappa shape index (κ1) is 9.85. The van der Waals surface area contributed by atoms with Crippen LogP contribution in [0.2, 0.25) is 0 Å². The zero-order valence-corrected chi connectivity index (χ0v) is 9.50. The molecule has 2 bridgehead atoms. The number of piperidine rings is 1. The van der Waals surface area contributed by atoms with E-state index in [0.29, 0.717) is 6.04 Å². The summed E-state index contributed by atoms with van der Waals surface area (Å²) in [6, 6.07) is 0.270. The Hall–Kier alpha value is -1.13. The molecule has 0 saturated carbocycles. The predicted octanol–water partition coefficient (Wildman–Crippen LogP) is 0.376. The Morgan fingerprint density at radius 3 is 3.29 bits per heavy atom. The number of aliphatic hydroxyl groups excluding tert-OH is 1. The number of carbonyl (C=O) groups is 1. The van der Waals surface area contributed by atoms with E-state index in [1.165, 1.54) is 0 Å². The number of ether oxygens (including phenoxy) is 1. The van der Waals surface area contributed by atoms with Gasteiger partial charge in [0.15, 0.2) is 5.60 Å². The molecule has 0 radical (unpaired) electrons. The number of hydrogen-bond donors (Lipinski definition) is 1. The molecule has 0 unspecified atom stereocenters. The fraction of sp³-hybridized carbons (Fsp3) is 0.615. The number of hydrogen-bond acceptors (Lipinski definition) is 4. The van der Waals surface area contributed by atoms with Crippen molar-refractivity contribution in [2.45, 2.75) is 43.1 Å². The third kappa shape index (κ3) is 1.07. The van der Waals surface area contributed by atoms with E-state index >= 15 is 0 Å². The first-order chi connectivity index (χ1) is 8.21. The zero-order valence-electron chi connectivity index (χ0n) is 9.50. The minimum atomic E-state index is -0.559. The van der Waals surface area contributed by atoms with Gasteiger partial charge in [0.25, 0.3) is 0 Å². The summed E-state index contributed by atoms with van der Waals surface area (Å²) < 4.78 is 5.60. The van der Waals surface area contributed by atoms with Gasteiger partial charge in [0.1, 0.15) is 0 Å². The van der Waals surface area contributed by atoms with Gasteiger partial charge in [-0.2, -0.15) is 0 Å². The van der Waals surface area contributed by atoms with Crippen LogP contribution in [0.15, 0.2) is 23.8 Å². The number of fused-ring (bicyclic) bond motifs is 3. The van der Waals surface area contributed by atoms with Crippen LogP contribution >= 0.6 is 0 Å². The molecule has 4 atom stereocenters. The van der Waals surface area contributed by atoms with Crippen LogP contribution in [0.5, 0.6) is 0 Å². The average molecular weight is 233 g/mol. The molecule has 1 spiro atoms. The maximum atomic E-state index is 11.5. The van der Waals surface area contributed by atoms with E-state index in [1.807, 2.05) is 6.08 Å². The molecule has 1 aliphatic carbocycles. The minimum Gasteiger partial charge on any atom is -0.449 e. The molecule has 4 aliphatic rings. The maximum Gasteiger partial charge on any atom is 0.332 e. The van der Waals surface area contributed by atoms with Crippen molar-refractivity contribution in [2.24, 2.45) is 0 Å². The quantitative estimate of drug-likeness (QED) is 0.614. The summed E-state index contributed by atoms with van der Waals surface area (Å²) in [5, 5.41) is 10.3. The van der Waals surface area contributed by atoms with Crippen LogP contribution in [0.4, 0.5) is 0 Å². The topological polar surface area (TPSA) is 49.8 Å². The van der Waals surface area contributed by atoms with Crippen LogP contribution in [0.3, 0.4) is 0 Å². The van der Waals surface area contributed by atoms with Crippen molar-refractivity contribution in [1.82, 2.24) is 4.90 Å². The maximum absolute atomic E-state index is 11.5. The predicted molar refractivity (Wildman–Crippen MR) is 60.2 cm³/mol. The molecule has 2 saturated heterocycles. The van der Waals surface area contributed by atoms with Crippen molar-refractivity contribution < 1.29 is 14.6 Å². The van der Waals surface area contributed by atoms with Gasteiger partial charge < -0.3 is 9.84 Å². The van der Waals surface area contributed by atoms with Gasteiger partial charge in [-0.05, 0) is 19.4 Å². The molecule has 0 amide bonds.